The third kappa shape index (κ3) is 5.52. The number of nitrogens with two attached hydrogens (primary N) is 1. The van der Waals surface area contributed by atoms with Gasteiger partial charge < -0.3 is 16.2 Å². The summed E-state index contributed by atoms with van der Waals surface area (Å²) in [6.45, 7) is 2.71. The van der Waals surface area contributed by atoms with Crippen molar-refractivity contribution in [2.24, 2.45) is 11.7 Å². The number of hydrogen-bond donors (Lipinski definition) is 3. The first-order chi connectivity index (χ1) is 9.02. The Labute approximate surface area is 112 Å². The Bertz CT molecular complexity index is 429. The van der Waals surface area contributed by atoms with Crippen molar-refractivity contribution in [1.29, 1.82) is 0 Å². The number of carboxylic acid groups (broad SMARTS) is 1. The van der Waals surface area contributed by atoms with Gasteiger partial charge in [0.1, 0.15) is 0 Å². The summed E-state index contributed by atoms with van der Waals surface area (Å²) in [5.74, 6) is -0.606. The van der Waals surface area contributed by atoms with E-state index in [1.54, 1.807) is 12.1 Å². The monoisotopic (exact) mass is 264 g/mol. The van der Waals surface area contributed by atoms with E-state index in [4.69, 9.17) is 10.8 Å². The molecule has 19 heavy (non-hydrogen) atoms. The predicted octanol–water partition coefficient (Wildman–Crippen LogP) is 2.09. The first kappa shape index (κ1) is 15.2. The van der Waals surface area contributed by atoms with Gasteiger partial charge in [0.15, 0.2) is 0 Å². The molecule has 1 aromatic carbocycles. The molecule has 0 radical (unpaired) electrons. The fraction of sp³-hybridized carbons (Fsp3) is 0.429. The number of benzene rings is 1. The van der Waals surface area contributed by atoms with Gasteiger partial charge >= 0.3 is 5.97 Å². The zero-order chi connectivity index (χ0) is 14.3. The predicted molar refractivity (Wildman–Crippen MR) is 74.1 cm³/mol. The lowest BCUT2D eigenvalue weighted by atomic mass is 10.0. The van der Waals surface area contributed by atoms with Crippen LogP contribution in [0.2, 0.25) is 0 Å². The van der Waals surface area contributed by atoms with Crippen LogP contribution in [0.4, 0.5) is 5.69 Å². The maximum Gasteiger partial charge on any atom is 0.335 e. The molecule has 4 N–H and O–H groups in total. The van der Waals surface area contributed by atoms with Gasteiger partial charge in [-0.15, -0.1) is 0 Å². The highest BCUT2D eigenvalue weighted by Crippen LogP contribution is 2.13. The number of anilines is 1. The molecule has 0 bridgehead atoms. The van der Waals surface area contributed by atoms with Crippen molar-refractivity contribution in [2.45, 2.75) is 26.2 Å². The summed E-state index contributed by atoms with van der Waals surface area (Å²) in [7, 11) is 0. The van der Waals surface area contributed by atoms with Crippen molar-refractivity contribution in [3.05, 3.63) is 29.8 Å². The van der Waals surface area contributed by atoms with E-state index in [-0.39, 0.29) is 11.5 Å². The molecule has 1 amide bonds. The van der Waals surface area contributed by atoms with Crippen LogP contribution in [0, 0.1) is 5.92 Å². The molecule has 0 aliphatic rings. The summed E-state index contributed by atoms with van der Waals surface area (Å²) < 4.78 is 0. The highest BCUT2D eigenvalue weighted by atomic mass is 16.4. The number of aromatic carboxylic acids is 1. The molecule has 1 unspecified atom stereocenters. The number of amides is 1. The van der Waals surface area contributed by atoms with Crippen LogP contribution in [-0.2, 0) is 4.79 Å². The summed E-state index contributed by atoms with van der Waals surface area (Å²) in [5, 5.41) is 11.5. The number of carboxylic acids is 1. The Kier molecular flexibility index (Phi) is 6.02. The molecular weight excluding hydrogens is 244 g/mol. The minimum absolute atomic E-state index is 0.0630. The molecule has 0 aromatic heterocycles. The number of nitrogens with one attached hydrogen (secondary N) is 1. The van der Waals surface area contributed by atoms with Gasteiger partial charge in [0, 0.05) is 12.1 Å². The van der Waals surface area contributed by atoms with Gasteiger partial charge in [0.2, 0.25) is 5.91 Å². The third-order valence-electron chi connectivity index (χ3n) is 2.94. The van der Waals surface area contributed by atoms with E-state index in [1.807, 2.05) is 0 Å². The standard InChI is InChI=1S/C14H20N2O3/c1-10(8-9-15)2-7-13(17)16-12-5-3-11(4-6-12)14(18)19/h3-6,10H,2,7-9,15H2,1H3,(H,16,17)(H,18,19). The minimum Gasteiger partial charge on any atom is -0.478 e. The van der Waals surface area contributed by atoms with Crippen LogP contribution < -0.4 is 11.1 Å². The third-order valence-corrected chi connectivity index (χ3v) is 2.94. The molecule has 5 heteroatoms. The van der Waals surface area contributed by atoms with Gasteiger partial charge in [-0.05, 0) is 49.6 Å². The lowest BCUT2D eigenvalue weighted by Crippen LogP contribution is -2.14. The SMILES string of the molecule is CC(CCN)CCC(=O)Nc1ccc(C(=O)O)cc1. The van der Waals surface area contributed by atoms with E-state index in [1.165, 1.54) is 12.1 Å². The maximum atomic E-state index is 11.7. The van der Waals surface area contributed by atoms with E-state index in [0.717, 1.165) is 12.8 Å². The quantitative estimate of drug-likeness (QED) is 0.703. The fourth-order valence-corrected chi connectivity index (χ4v) is 1.73. The number of hydrogen-bond acceptors (Lipinski definition) is 3. The molecule has 1 atom stereocenters. The summed E-state index contributed by atoms with van der Waals surface area (Å²) in [5.41, 5.74) is 6.27. The van der Waals surface area contributed by atoms with Crippen molar-refractivity contribution < 1.29 is 14.7 Å². The van der Waals surface area contributed by atoms with Crippen molar-refractivity contribution in [3.63, 3.8) is 0 Å². The van der Waals surface area contributed by atoms with Crippen LogP contribution in [0.3, 0.4) is 0 Å². The smallest absolute Gasteiger partial charge is 0.335 e. The van der Waals surface area contributed by atoms with E-state index < -0.39 is 5.97 Å². The van der Waals surface area contributed by atoms with Crippen molar-refractivity contribution in [2.75, 3.05) is 11.9 Å². The van der Waals surface area contributed by atoms with Crippen LogP contribution >= 0.6 is 0 Å². The molecule has 104 valence electrons. The zero-order valence-electron chi connectivity index (χ0n) is 11.1. The van der Waals surface area contributed by atoms with Crippen LogP contribution in [0.15, 0.2) is 24.3 Å². The highest BCUT2D eigenvalue weighted by Gasteiger charge is 2.07. The molecule has 0 aliphatic carbocycles. The summed E-state index contributed by atoms with van der Waals surface area (Å²) in [6.07, 6.45) is 2.17. The average Bonchev–Trinajstić information content (AvgIpc) is 2.37. The van der Waals surface area contributed by atoms with Gasteiger partial charge in [0.25, 0.3) is 0 Å². The molecule has 1 rings (SSSR count). The van der Waals surface area contributed by atoms with Crippen LogP contribution in [0.1, 0.15) is 36.5 Å². The second kappa shape index (κ2) is 7.53. The van der Waals surface area contributed by atoms with Gasteiger partial charge in [-0.25, -0.2) is 4.79 Å². The number of carbonyl (C=O) groups excluding carboxylic acids is 1. The van der Waals surface area contributed by atoms with E-state index >= 15 is 0 Å². The normalized spacial score (nSPS) is 11.9. The highest BCUT2D eigenvalue weighted by molar-refractivity contribution is 5.92. The first-order valence-electron chi connectivity index (χ1n) is 6.36. The van der Waals surface area contributed by atoms with Gasteiger partial charge in [0.05, 0.1) is 5.56 Å². The van der Waals surface area contributed by atoms with Crippen LogP contribution in [0.25, 0.3) is 0 Å². The summed E-state index contributed by atoms with van der Waals surface area (Å²) in [4.78, 5) is 22.4. The molecule has 0 heterocycles. The Hall–Kier alpha value is -1.88. The zero-order valence-corrected chi connectivity index (χ0v) is 11.1. The molecule has 0 saturated heterocycles. The topological polar surface area (TPSA) is 92.4 Å². The summed E-state index contributed by atoms with van der Waals surface area (Å²) >= 11 is 0. The minimum atomic E-state index is -0.978. The Balaban J connectivity index is 2.42. The van der Waals surface area contributed by atoms with Crippen molar-refractivity contribution >= 4 is 17.6 Å². The molecule has 0 saturated carbocycles. The molecule has 0 aliphatic heterocycles. The Morgan fingerprint density at radius 2 is 1.89 bits per heavy atom. The van der Waals surface area contributed by atoms with E-state index in [9.17, 15) is 9.59 Å². The Morgan fingerprint density at radius 3 is 2.42 bits per heavy atom. The van der Waals surface area contributed by atoms with E-state index in [2.05, 4.69) is 12.2 Å². The molecule has 1 aromatic rings. The van der Waals surface area contributed by atoms with Gasteiger partial charge in [-0.3, -0.25) is 4.79 Å². The van der Waals surface area contributed by atoms with Gasteiger partial charge in [-0.2, -0.15) is 0 Å². The summed E-state index contributed by atoms with van der Waals surface area (Å²) in [6, 6.07) is 6.11. The lowest BCUT2D eigenvalue weighted by molar-refractivity contribution is -0.116. The molecule has 0 spiro atoms. The number of rotatable bonds is 7. The first-order valence-corrected chi connectivity index (χ1v) is 6.36. The molecular formula is C14H20N2O3. The van der Waals surface area contributed by atoms with Crippen molar-refractivity contribution in [1.82, 2.24) is 0 Å². The largest absolute Gasteiger partial charge is 0.478 e. The van der Waals surface area contributed by atoms with Gasteiger partial charge in [-0.1, -0.05) is 6.92 Å². The second-order valence-electron chi connectivity index (χ2n) is 4.65. The lowest BCUT2D eigenvalue weighted by Gasteiger charge is -2.10. The van der Waals surface area contributed by atoms with Crippen molar-refractivity contribution in [3.8, 4) is 0 Å². The Morgan fingerprint density at radius 1 is 1.26 bits per heavy atom. The van der Waals surface area contributed by atoms with E-state index in [0.29, 0.717) is 24.6 Å². The van der Waals surface area contributed by atoms with Crippen LogP contribution in [0.5, 0.6) is 0 Å². The molecule has 5 nitrogen and oxygen atoms in total. The number of carbonyl (C=O) groups is 2. The fourth-order valence-electron chi connectivity index (χ4n) is 1.73. The van der Waals surface area contributed by atoms with Crippen LogP contribution in [-0.4, -0.2) is 23.5 Å². The average molecular weight is 264 g/mol. The second-order valence-corrected chi connectivity index (χ2v) is 4.65. The maximum absolute atomic E-state index is 11.7. The molecule has 0 fully saturated rings.